The second-order valence-electron chi connectivity index (χ2n) is 5.61. The summed E-state index contributed by atoms with van der Waals surface area (Å²) in [5.41, 5.74) is 1.77. The van der Waals surface area contributed by atoms with Crippen molar-refractivity contribution < 1.29 is 14.3 Å². The molecule has 2 aromatic rings. The van der Waals surface area contributed by atoms with Crippen LogP contribution in [0.2, 0.25) is 0 Å². The van der Waals surface area contributed by atoms with Gasteiger partial charge in [-0.15, -0.1) is 0 Å². The van der Waals surface area contributed by atoms with Gasteiger partial charge in [-0.25, -0.2) is 4.68 Å². The first-order valence-corrected chi connectivity index (χ1v) is 7.60. The first-order valence-electron chi connectivity index (χ1n) is 7.60. The van der Waals surface area contributed by atoms with Crippen molar-refractivity contribution >= 4 is 11.8 Å². The number of carbonyl (C=O) groups excluding carboxylic acids is 2. The standard InChI is InChI=1S/C17H22N4O3/c1-12(19-13(2)22)17(23)20(3)10-14-9-18-21(11-14)15-6-5-7-16(8-15)24-4/h5-9,11-12H,10H2,1-4H3,(H,19,22)/t12-/m0/s1. The summed E-state index contributed by atoms with van der Waals surface area (Å²) in [5, 5.41) is 6.91. The SMILES string of the molecule is COc1cccc(-n2cc(CN(C)C(=O)[C@H](C)NC(C)=O)cn2)c1. The maximum atomic E-state index is 12.2. The Hall–Kier alpha value is -2.83. The zero-order chi connectivity index (χ0) is 17.7. The van der Waals surface area contributed by atoms with Gasteiger partial charge >= 0.3 is 0 Å². The molecule has 2 amide bonds. The van der Waals surface area contributed by atoms with E-state index in [2.05, 4.69) is 10.4 Å². The van der Waals surface area contributed by atoms with Gasteiger partial charge in [0.1, 0.15) is 11.8 Å². The number of methoxy groups -OCH3 is 1. The molecule has 0 spiro atoms. The second kappa shape index (κ2) is 7.63. The molecule has 1 aromatic carbocycles. The van der Waals surface area contributed by atoms with Crippen molar-refractivity contribution in [2.45, 2.75) is 26.4 Å². The molecule has 24 heavy (non-hydrogen) atoms. The third kappa shape index (κ3) is 4.34. The van der Waals surface area contributed by atoms with Crippen LogP contribution >= 0.6 is 0 Å². The summed E-state index contributed by atoms with van der Waals surface area (Å²) >= 11 is 0. The fourth-order valence-electron chi connectivity index (χ4n) is 2.38. The predicted molar refractivity (Wildman–Crippen MR) is 89.9 cm³/mol. The molecule has 1 atom stereocenters. The van der Waals surface area contributed by atoms with Gasteiger partial charge in [-0.1, -0.05) is 6.07 Å². The molecule has 1 aromatic heterocycles. The number of nitrogens with zero attached hydrogens (tertiary/aromatic N) is 3. The molecule has 2 rings (SSSR count). The van der Waals surface area contributed by atoms with Crippen LogP contribution in [0.1, 0.15) is 19.4 Å². The lowest BCUT2D eigenvalue weighted by Gasteiger charge is -2.21. The van der Waals surface area contributed by atoms with Crippen LogP contribution in [0.5, 0.6) is 5.75 Å². The lowest BCUT2D eigenvalue weighted by Crippen LogP contribution is -2.44. The van der Waals surface area contributed by atoms with Gasteiger partial charge < -0.3 is 15.0 Å². The summed E-state index contributed by atoms with van der Waals surface area (Å²) < 4.78 is 6.94. The van der Waals surface area contributed by atoms with E-state index in [9.17, 15) is 9.59 Å². The molecule has 1 heterocycles. The molecule has 0 aliphatic heterocycles. The quantitative estimate of drug-likeness (QED) is 0.868. The predicted octanol–water partition coefficient (Wildman–Crippen LogP) is 1.36. The number of hydrogen-bond donors (Lipinski definition) is 1. The van der Waals surface area contributed by atoms with Crippen molar-refractivity contribution in [1.29, 1.82) is 0 Å². The van der Waals surface area contributed by atoms with E-state index in [4.69, 9.17) is 4.74 Å². The van der Waals surface area contributed by atoms with Crippen LogP contribution in [0.3, 0.4) is 0 Å². The van der Waals surface area contributed by atoms with E-state index >= 15 is 0 Å². The maximum Gasteiger partial charge on any atom is 0.244 e. The third-order valence-corrected chi connectivity index (χ3v) is 3.54. The molecular weight excluding hydrogens is 308 g/mol. The largest absolute Gasteiger partial charge is 0.497 e. The minimum absolute atomic E-state index is 0.153. The average molecular weight is 330 g/mol. The van der Waals surface area contributed by atoms with Crippen molar-refractivity contribution in [3.8, 4) is 11.4 Å². The molecule has 7 heteroatoms. The first kappa shape index (κ1) is 17.5. The normalized spacial score (nSPS) is 11.7. The highest BCUT2D eigenvalue weighted by molar-refractivity contribution is 5.86. The van der Waals surface area contributed by atoms with Gasteiger partial charge in [-0.2, -0.15) is 5.10 Å². The molecule has 0 unspecified atom stereocenters. The van der Waals surface area contributed by atoms with E-state index < -0.39 is 6.04 Å². The van der Waals surface area contributed by atoms with Gasteiger partial charge in [0.25, 0.3) is 0 Å². The number of nitrogens with one attached hydrogen (secondary N) is 1. The fourth-order valence-corrected chi connectivity index (χ4v) is 2.38. The summed E-state index contributed by atoms with van der Waals surface area (Å²) in [6, 6.07) is 7.00. The number of likely N-dealkylation sites (N-methyl/N-ethyl adjacent to an activating group) is 1. The van der Waals surface area contributed by atoms with Crippen molar-refractivity contribution in [1.82, 2.24) is 20.0 Å². The number of rotatable bonds is 6. The van der Waals surface area contributed by atoms with Gasteiger partial charge in [0.2, 0.25) is 11.8 Å². The van der Waals surface area contributed by atoms with Crippen LogP contribution in [0.15, 0.2) is 36.7 Å². The van der Waals surface area contributed by atoms with Crippen molar-refractivity contribution in [2.75, 3.05) is 14.2 Å². The number of aromatic nitrogens is 2. The Morgan fingerprint density at radius 1 is 1.42 bits per heavy atom. The summed E-state index contributed by atoms with van der Waals surface area (Å²) in [4.78, 5) is 24.8. The highest BCUT2D eigenvalue weighted by Gasteiger charge is 2.18. The monoisotopic (exact) mass is 330 g/mol. The highest BCUT2D eigenvalue weighted by Crippen LogP contribution is 2.16. The van der Waals surface area contributed by atoms with Crippen LogP contribution in [0.25, 0.3) is 5.69 Å². The van der Waals surface area contributed by atoms with Gasteiger partial charge in [0.15, 0.2) is 0 Å². The van der Waals surface area contributed by atoms with Crippen LogP contribution in [-0.2, 0) is 16.1 Å². The van der Waals surface area contributed by atoms with E-state index in [1.54, 1.807) is 36.9 Å². The number of benzene rings is 1. The van der Waals surface area contributed by atoms with Crippen molar-refractivity contribution in [3.63, 3.8) is 0 Å². The van der Waals surface area contributed by atoms with E-state index in [-0.39, 0.29) is 11.8 Å². The van der Waals surface area contributed by atoms with Crippen LogP contribution < -0.4 is 10.1 Å². The lowest BCUT2D eigenvalue weighted by molar-refractivity contribution is -0.134. The molecule has 1 N–H and O–H groups in total. The Morgan fingerprint density at radius 3 is 2.83 bits per heavy atom. The summed E-state index contributed by atoms with van der Waals surface area (Å²) in [5.74, 6) is 0.371. The number of carbonyl (C=O) groups is 2. The third-order valence-electron chi connectivity index (χ3n) is 3.54. The van der Waals surface area contributed by atoms with E-state index in [0.29, 0.717) is 6.54 Å². The zero-order valence-electron chi connectivity index (χ0n) is 14.3. The maximum absolute atomic E-state index is 12.2. The summed E-state index contributed by atoms with van der Waals surface area (Å²) in [7, 11) is 3.31. The molecule has 0 radical (unpaired) electrons. The zero-order valence-corrected chi connectivity index (χ0v) is 14.3. The molecule has 0 aliphatic carbocycles. The minimum atomic E-state index is -0.555. The minimum Gasteiger partial charge on any atom is -0.497 e. The summed E-state index contributed by atoms with van der Waals surface area (Å²) in [6.45, 7) is 3.47. The Morgan fingerprint density at radius 2 is 2.17 bits per heavy atom. The molecule has 7 nitrogen and oxygen atoms in total. The van der Waals surface area contributed by atoms with E-state index in [1.165, 1.54) is 6.92 Å². The van der Waals surface area contributed by atoms with Crippen LogP contribution in [0.4, 0.5) is 0 Å². The Labute approximate surface area is 141 Å². The topological polar surface area (TPSA) is 76.5 Å². The first-order chi connectivity index (χ1) is 11.4. The van der Waals surface area contributed by atoms with Crippen LogP contribution in [0, 0.1) is 0 Å². The van der Waals surface area contributed by atoms with E-state index in [0.717, 1.165) is 17.0 Å². The van der Waals surface area contributed by atoms with E-state index in [1.807, 2.05) is 30.5 Å². The molecule has 0 bridgehead atoms. The van der Waals surface area contributed by atoms with Crippen molar-refractivity contribution in [2.24, 2.45) is 0 Å². The Balaban J connectivity index is 2.05. The highest BCUT2D eigenvalue weighted by atomic mass is 16.5. The Bertz CT molecular complexity index is 726. The smallest absolute Gasteiger partial charge is 0.244 e. The molecule has 0 saturated carbocycles. The summed E-state index contributed by atoms with van der Waals surface area (Å²) in [6.07, 6.45) is 3.58. The lowest BCUT2D eigenvalue weighted by atomic mass is 10.2. The van der Waals surface area contributed by atoms with Crippen LogP contribution in [-0.4, -0.2) is 46.7 Å². The molecule has 0 fully saturated rings. The van der Waals surface area contributed by atoms with Gasteiger partial charge in [0.05, 0.1) is 19.0 Å². The molecule has 128 valence electrons. The molecule has 0 aliphatic rings. The van der Waals surface area contributed by atoms with Gasteiger partial charge in [0, 0.05) is 38.3 Å². The van der Waals surface area contributed by atoms with Gasteiger partial charge in [-0.3, -0.25) is 9.59 Å². The number of amides is 2. The number of ether oxygens (including phenoxy) is 1. The fraction of sp³-hybridized carbons (Fsp3) is 0.353. The average Bonchev–Trinajstić information content (AvgIpc) is 3.02. The molecular formula is C17H22N4O3. The number of hydrogen-bond acceptors (Lipinski definition) is 4. The van der Waals surface area contributed by atoms with Crippen molar-refractivity contribution in [3.05, 3.63) is 42.2 Å². The Kier molecular flexibility index (Phi) is 5.57. The van der Waals surface area contributed by atoms with Gasteiger partial charge in [-0.05, 0) is 19.1 Å². The second-order valence-corrected chi connectivity index (χ2v) is 5.61. The molecule has 0 saturated heterocycles.